The van der Waals surface area contributed by atoms with Gasteiger partial charge in [-0.3, -0.25) is 18.6 Å². The fourth-order valence-corrected chi connectivity index (χ4v) is 5.06. The summed E-state index contributed by atoms with van der Waals surface area (Å²) in [6.07, 6.45) is 27.9. The second-order valence-electron chi connectivity index (χ2n) is 11.0. The summed E-state index contributed by atoms with van der Waals surface area (Å²) in [5.41, 5.74) is 5.31. The highest BCUT2D eigenvalue weighted by Gasteiger charge is 2.25. The molecule has 252 valence electrons. The summed E-state index contributed by atoms with van der Waals surface area (Å²) in [4.78, 5) is 34.4. The number of hydrogen-bond donors (Lipinski definition) is 2. The zero-order valence-corrected chi connectivity index (χ0v) is 28.1. The highest BCUT2D eigenvalue weighted by molar-refractivity contribution is 7.47. The topological polar surface area (TPSA) is 134 Å². The third kappa shape index (κ3) is 30.3. The van der Waals surface area contributed by atoms with Crippen LogP contribution in [-0.4, -0.2) is 49.3 Å². The van der Waals surface area contributed by atoms with E-state index in [-0.39, 0.29) is 32.6 Å². The van der Waals surface area contributed by atoms with Crippen LogP contribution in [0.15, 0.2) is 24.3 Å². The van der Waals surface area contributed by atoms with Gasteiger partial charge in [-0.2, -0.15) is 0 Å². The second kappa shape index (κ2) is 30.5. The van der Waals surface area contributed by atoms with Gasteiger partial charge in [-0.05, 0) is 38.5 Å². The zero-order chi connectivity index (χ0) is 31.9. The van der Waals surface area contributed by atoms with E-state index < -0.39 is 32.5 Å². The van der Waals surface area contributed by atoms with Gasteiger partial charge in [-0.1, -0.05) is 115 Å². The van der Waals surface area contributed by atoms with Crippen molar-refractivity contribution in [1.82, 2.24) is 0 Å². The van der Waals surface area contributed by atoms with E-state index in [2.05, 4.69) is 38.2 Å². The van der Waals surface area contributed by atoms with E-state index in [4.69, 9.17) is 24.3 Å². The Bertz CT molecular complexity index is 774. The van der Waals surface area contributed by atoms with Crippen LogP contribution in [0.25, 0.3) is 0 Å². The number of carbonyl (C=O) groups excluding carboxylic acids is 2. The molecule has 0 aliphatic carbocycles. The average molecular weight is 632 g/mol. The summed E-state index contributed by atoms with van der Waals surface area (Å²) in [7, 11) is -4.36. The lowest BCUT2D eigenvalue weighted by Gasteiger charge is -2.19. The lowest BCUT2D eigenvalue weighted by Crippen LogP contribution is -2.29. The average Bonchev–Trinajstić information content (AvgIpc) is 2.99. The molecule has 43 heavy (non-hydrogen) atoms. The van der Waals surface area contributed by atoms with Gasteiger partial charge in [0.05, 0.1) is 13.2 Å². The van der Waals surface area contributed by atoms with Gasteiger partial charge in [0.2, 0.25) is 0 Å². The first kappa shape index (κ1) is 41.5. The fraction of sp³-hybridized carbons (Fsp3) is 0.818. The number of phosphoric ester groups is 1. The minimum absolute atomic E-state index is 0.0518. The first-order valence-electron chi connectivity index (χ1n) is 16.8. The van der Waals surface area contributed by atoms with Crippen LogP contribution < -0.4 is 5.73 Å². The molecule has 0 aliphatic rings. The zero-order valence-electron chi connectivity index (χ0n) is 27.2. The molecule has 1 unspecified atom stereocenters. The van der Waals surface area contributed by atoms with Crippen LogP contribution >= 0.6 is 7.82 Å². The van der Waals surface area contributed by atoms with E-state index in [0.29, 0.717) is 6.42 Å². The predicted molar refractivity (Wildman–Crippen MR) is 174 cm³/mol. The summed E-state index contributed by atoms with van der Waals surface area (Å²) in [6, 6.07) is 0. The van der Waals surface area contributed by atoms with Gasteiger partial charge in [0.25, 0.3) is 0 Å². The van der Waals surface area contributed by atoms with E-state index in [1.807, 2.05) is 0 Å². The predicted octanol–water partition coefficient (Wildman–Crippen LogP) is 8.49. The maximum absolute atomic E-state index is 12.4. The molecule has 0 fully saturated rings. The molecule has 0 saturated heterocycles. The molecule has 9 nitrogen and oxygen atoms in total. The van der Waals surface area contributed by atoms with Crippen LogP contribution in [0.3, 0.4) is 0 Å². The van der Waals surface area contributed by atoms with Crippen molar-refractivity contribution in [2.75, 3.05) is 26.4 Å². The summed E-state index contributed by atoms with van der Waals surface area (Å²) >= 11 is 0. The molecule has 0 bridgehead atoms. The molecular weight excluding hydrogens is 569 g/mol. The van der Waals surface area contributed by atoms with Crippen LogP contribution in [0.2, 0.25) is 0 Å². The maximum Gasteiger partial charge on any atom is 0.472 e. The maximum atomic E-state index is 12.4. The van der Waals surface area contributed by atoms with Crippen LogP contribution in [-0.2, 0) is 32.7 Å². The van der Waals surface area contributed by atoms with Crippen LogP contribution in [0.4, 0.5) is 0 Å². The number of esters is 2. The van der Waals surface area contributed by atoms with Crippen molar-refractivity contribution in [1.29, 1.82) is 0 Å². The van der Waals surface area contributed by atoms with Gasteiger partial charge >= 0.3 is 19.8 Å². The number of phosphoric acid groups is 1. The molecular formula is C33H62NO8P. The van der Waals surface area contributed by atoms with Crippen molar-refractivity contribution in [2.45, 2.75) is 148 Å². The molecule has 0 aliphatic heterocycles. The minimum atomic E-state index is -4.36. The molecule has 10 heteroatoms. The van der Waals surface area contributed by atoms with Crippen molar-refractivity contribution in [2.24, 2.45) is 5.73 Å². The first-order chi connectivity index (χ1) is 20.8. The Morgan fingerprint density at radius 1 is 0.698 bits per heavy atom. The lowest BCUT2D eigenvalue weighted by molar-refractivity contribution is -0.161. The molecule has 3 N–H and O–H groups in total. The Morgan fingerprint density at radius 2 is 1.23 bits per heavy atom. The van der Waals surface area contributed by atoms with E-state index >= 15 is 0 Å². The summed E-state index contributed by atoms with van der Waals surface area (Å²) < 4.78 is 32.4. The Kier molecular flexibility index (Phi) is 29.4. The van der Waals surface area contributed by atoms with Crippen molar-refractivity contribution in [3.8, 4) is 0 Å². The molecule has 0 aromatic rings. The second-order valence-corrected chi connectivity index (χ2v) is 12.5. The van der Waals surface area contributed by atoms with Crippen LogP contribution in [0.5, 0.6) is 0 Å². The molecule has 0 radical (unpaired) electrons. The third-order valence-electron chi connectivity index (χ3n) is 6.84. The van der Waals surface area contributed by atoms with E-state index in [1.165, 1.54) is 44.9 Å². The smallest absolute Gasteiger partial charge is 0.462 e. The van der Waals surface area contributed by atoms with Gasteiger partial charge < -0.3 is 20.1 Å². The van der Waals surface area contributed by atoms with Crippen molar-refractivity contribution >= 4 is 19.8 Å². The number of carbonyl (C=O) groups is 2. The largest absolute Gasteiger partial charge is 0.472 e. The summed E-state index contributed by atoms with van der Waals surface area (Å²) in [6.45, 7) is 3.61. The Morgan fingerprint density at radius 3 is 1.84 bits per heavy atom. The highest BCUT2D eigenvalue weighted by Crippen LogP contribution is 2.43. The molecule has 0 spiro atoms. The SMILES string of the molecule is CCCC/C=C/C/C=C/CCCCCCCC(=O)O[C@H](COC(=O)CCCCCCCCCC)COP(=O)(O)OCCN. The highest BCUT2D eigenvalue weighted by atomic mass is 31.2. The van der Waals surface area contributed by atoms with E-state index in [9.17, 15) is 19.0 Å². The molecule has 0 aromatic heterocycles. The van der Waals surface area contributed by atoms with E-state index in [0.717, 1.165) is 64.2 Å². The van der Waals surface area contributed by atoms with Crippen LogP contribution in [0, 0.1) is 0 Å². The molecule has 0 heterocycles. The molecule has 0 amide bonds. The van der Waals surface area contributed by atoms with Gasteiger partial charge in [0.1, 0.15) is 6.61 Å². The Labute approximate surface area is 261 Å². The van der Waals surface area contributed by atoms with Gasteiger partial charge in [-0.15, -0.1) is 0 Å². The number of ether oxygens (including phenoxy) is 2. The van der Waals surface area contributed by atoms with Gasteiger partial charge in [0.15, 0.2) is 6.10 Å². The number of allylic oxidation sites excluding steroid dienone is 4. The first-order valence-corrected chi connectivity index (χ1v) is 18.3. The number of rotatable bonds is 31. The molecule has 0 aromatic carbocycles. The normalized spacial score (nSPS) is 13.9. The fourth-order valence-electron chi connectivity index (χ4n) is 4.30. The molecule has 0 rings (SSSR count). The monoisotopic (exact) mass is 631 g/mol. The third-order valence-corrected chi connectivity index (χ3v) is 7.82. The number of hydrogen-bond acceptors (Lipinski definition) is 8. The quantitative estimate of drug-likeness (QED) is 0.0334. The number of nitrogens with two attached hydrogens (primary N) is 1. The van der Waals surface area contributed by atoms with Crippen molar-refractivity contribution in [3.63, 3.8) is 0 Å². The van der Waals surface area contributed by atoms with Crippen LogP contribution in [0.1, 0.15) is 142 Å². The van der Waals surface area contributed by atoms with Crippen molar-refractivity contribution < 1.29 is 37.6 Å². The lowest BCUT2D eigenvalue weighted by atomic mass is 10.1. The Balaban J connectivity index is 4.30. The molecule has 0 saturated carbocycles. The minimum Gasteiger partial charge on any atom is -0.462 e. The standard InChI is InChI=1S/C33H62NO8P/c1-3-5-7-9-11-13-14-15-16-17-18-20-22-24-26-33(36)42-31(30-41-43(37,38)40-28-27-34)29-39-32(35)25-23-21-19-12-10-8-6-4-2/h9,11,14-15,31H,3-8,10,12-13,16-30,34H2,1-2H3,(H,37,38)/b11-9+,15-14+/t31-/m1/s1. The van der Waals surface area contributed by atoms with Crippen molar-refractivity contribution in [3.05, 3.63) is 24.3 Å². The number of unbranched alkanes of at least 4 members (excludes halogenated alkanes) is 14. The van der Waals surface area contributed by atoms with Gasteiger partial charge in [-0.25, -0.2) is 4.57 Å². The van der Waals surface area contributed by atoms with Gasteiger partial charge in [0, 0.05) is 19.4 Å². The Hall–Kier alpha value is -1.51. The van der Waals surface area contributed by atoms with E-state index in [1.54, 1.807) is 0 Å². The molecule has 2 atom stereocenters. The summed E-state index contributed by atoms with van der Waals surface area (Å²) in [5.74, 6) is -0.852. The summed E-state index contributed by atoms with van der Waals surface area (Å²) in [5, 5.41) is 0.